The molecule has 0 amide bonds. The van der Waals surface area contributed by atoms with Gasteiger partial charge in [0.15, 0.2) is 11.9 Å². The van der Waals surface area contributed by atoms with Crippen molar-refractivity contribution in [3.63, 3.8) is 0 Å². The van der Waals surface area contributed by atoms with E-state index in [-0.39, 0.29) is 17.4 Å². The predicted molar refractivity (Wildman–Crippen MR) is 100 cm³/mol. The summed E-state index contributed by atoms with van der Waals surface area (Å²) in [4.78, 5) is 26.9. The van der Waals surface area contributed by atoms with Crippen molar-refractivity contribution in [1.82, 2.24) is 9.55 Å². The highest BCUT2D eigenvalue weighted by Crippen LogP contribution is 2.26. The highest BCUT2D eigenvalue weighted by molar-refractivity contribution is 6.00. The summed E-state index contributed by atoms with van der Waals surface area (Å²) in [6.45, 7) is 2.51. The van der Waals surface area contributed by atoms with Gasteiger partial charge in [0.1, 0.15) is 12.4 Å². The van der Waals surface area contributed by atoms with E-state index in [0.717, 1.165) is 11.1 Å². The normalized spacial score (nSPS) is 15.1. The summed E-state index contributed by atoms with van der Waals surface area (Å²) < 4.78 is 13.2. The quantitative estimate of drug-likeness (QED) is 0.653. The van der Waals surface area contributed by atoms with Crippen LogP contribution < -0.4 is 15.0 Å². The molecule has 0 saturated carbocycles. The number of benzene rings is 2. The maximum atomic E-state index is 11.8. The van der Waals surface area contributed by atoms with Gasteiger partial charge in [-0.2, -0.15) is 4.98 Å². The van der Waals surface area contributed by atoms with Gasteiger partial charge >= 0.3 is 0 Å². The molecule has 0 radical (unpaired) electrons. The Morgan fingerprint density at radius 2 is 1.96 bits per heavy atom. The van der Waals surface area contributed by atoms with Crippen LogP contribution in [0, 0.1) is 0 Å². The van der Waals surface area contributed by atoms with Crippen molar-refractivity contribution in [1.29, 1.82) is 0 Å². The Bertz CT molecular complexity index is 1040. The lowest BCUT2D eigenvalue weighted by atomic mass is 9.97. The summed E-state index contributed by atoms with van der Waals surface area (Å²) in [5.41, 5.74) is 2.25. The largest absolute Gasteiger partial charge is 0.490 e. The van der Waals surface area contributed by atoms with Gasteiger partial charge in [0, 0.05) is 17.8 Å². The van der Waals surface area contributed by atoms with Gasteiger partial charge in [0.2, 0.25) is 0 Å². The van der Waals surface area contributed by atoms with Crippen molar-refractivity contribution in [2.75, 3.05) is 6.61 Å². The summed E-state index contributed by atoms with van der Waals surface area (Å²) >= 11 is 0. The topological polar surface area (TPSA) is 70.4 Å². The molecule has 0 spiro atoms. The average Bonchev–Trinajstić information content (AvgIpc) is 3.09. The first-order valence-corrected chi connectivity index (χ1v) is 8.67. The van der Waals surface area contributed by atoms with E-state index in [4.69, 9.17) is 9.47 Å². The standard InChI is InChI=1S/C21H18N2O4/c1-14(24)18-4-2-3-5-19(18)15-6-8-16(9-7-15)26-13-17-12-23-11-10-20(25)22-21(23)27-17/h2-11,17H,12-13H2,1H3. The Balaban J connectivity index is 1.42. The lowest BCUT2D eigenvalue weighted by Gasteiger charge is -2.12. The highest BCUT2D eigenvalue weighted by Gasteiger charge is 2.23. The van der Waals surface area contributed by atoms with Gasteiger partial charge < -0.3 is 9.47 Å². The Hall–Kier alpha value is -3.41. The number of hydrogen-bond acceptors (Lipinski definition) is 5. The van der Waals surface area contributed by atoms with E-state index in [1.54, 1.807) is 17.7 Å². The van der Waals surface area contributed by atoms with Crippen LogP contribution >= 0.6 is 0 Å². The second-order valence-corrected chi connectivity index (χ2v) is 6.38. The van der Waals surface area contributed by atoms with E-state index in [0.29, 0.717) is 30.5 Å². The molecule has 1 aliphatic heterocycles. The van der Waals surface area contributed by atoms with E-state index in [1.165, 1.54) is 6.07 Å². The maximum Gasteiger partial charge on any atom is 0.300 e. The molecule has 1 aromatic heterocycles. The molecule has 136 valence electrons. The number of fused-ring (bicyclic) bond motifs is 1. The number of carbonyl (C=O) groups is 1. The number of carbonyl (C=O) groups excluding carboxylic acids is 1. The molecule has 27 heavy (non-hydrogen) atoms. The fraction of sp³-hybridized carbons (Fsp3) is 0.190. The first kappa shape index (κ1) is 17.0. The fourth-order valence-corrected chi connectivity index (χ4v) is 3.10. The summed E-state index contributed by atoms with van der Waals surface area (Å²) in [5.74, 6) is 0.748. The van der Waals surface area contributed by atoms with E-state index >= 15 is 0 Å². The number of Topliss-reactive ketones (excluding diaryl/α,β-unsaturated/α-hetero) is 1. The van der Waals surface area contributed by atoms with Crippen molar-refractivity contribution in [2.45, 2.75) is 19.6 Å². The third-order valence-electron chi connectivity index (χ3n) is 4.43. The van der Waals surface area contributed by atoms with Crippen LogP contribution in [0.5, 0.6) is 11.8 Å². The molecular weight excluding hydrogens is 344 g/mol. The van der Waals surface area contributed by atoms with E-state index in [2.05, 4.69) is 4.98 Å². The van der Waals surface area contributed by atoms with Crippen LogP contribution in [-0.4, -0.2) is 28.0 Å². The molecule has 4 rings (SSSR count). The van der Waals surface area contributed by atoms with Gasteiger partial charge in [-0.15, -0.1) is 0 Å². The smallest absolute Gasteiger partial charge is 0.300 e. The molecule has 1 unspecified atom stereocenters. The van der Waals surface area contributed by atoms with Gasteiger partial charge in [-0.1, -0.05) is 36.4 Å². The number of ketones is 1. The number of aromatic nitrogens is 2. The first-order chi connectivity index (χ1) is 13.1. The van der Waals surface area contributed by atoms with Crippen LogP contribution in [-0.2, 0) is 6.54 Å². The van der Waals surface area contributed by atoms with Crippen LogP contribution in [0.4, 0.5) is 0 Å². The van der Waals surface area contributed by atoms with E-state index < -0.39 is 0 Å². The van der Waals surface area contributed by atoms with Gasteiger partial charge in [-0.3, -0.25) is 14.2 Å². The molecule has 1 aliphatic rings. The zero-order chi connectivity index (χ0) is 18.8. The molecule has 6 nitrogen and oxygen atoms in total. The fourth-order valence-electron chi connectivity index (χ4n) is 3.10. The van der Waals surface area contributed by atoms with Gasteiger partial charge in [0.25, 0.3) is 11.6 Å². The minimum Gasteiger partial charge on any atom is -0.490 e. The van der Waals surface area contributed by atoms with Crippen LogP contribution in [0.15, 0.2) is 65.6 Å². The molecule has 1 atom stereocenters. The zero-order valence-corrected chi connectivity index (χ0v) is 14.8. The molecule has 0 bridgehead atoms. The summed E-state index contributed by atoms with van der Waals surface area (Å²) in [6.07, 6.45) is 1.48. The van der Waals surface area contributed by atoms with Crippen LogP contribution in [0.1, 0.15) is 17.3 Å². The summed E-state index contributed by atoms with van der Waals surface area (Å²) in [7, 11) is 0. The van der Waals surface area contributed by atoms with Crippen LogP contribution in [0.2, 0.25) is 0 Å². The minimum absolute atomic E-state index is 0.0382. The molecule has 6 heteroatoms. The Morgan fingerprint density at radius 1 is 1.19 bits per heavy atom. The third-order valence-corrected chi connectivity index (χ3v) is 4.43. The molecule has 2 heterocycles. The summed E-state index contributed by atoms with van der Waals surface area (Å²) in [5, 5.41) is 0. The monoisotopic (exact) mass is 362 g/mol. The summed E-state index contributed by atoms with van der Waals surface area (Å²) in [6, 6.07) is 16.9. The van der Waals surface area contributed by atoms with Crippen molar-refractivity contribution in [3.05, 3.63) is 76.7 Å². The average molecular weight is 362 g/mol. The number of ether oxygens (including phenoxy) is 2. The molecular formula is C21H18N2O4. The molecule has 2 aromatic carbocycles. The number of hydrogen-bond donors (Lipinski definition) is 0. The minimum atomic E-state index is -0.316. The van der Waals surface area contributed by atoms with E-state index in [1.807, 2.05) is 48.5 Å². The van der Waals surface area contributed by atoms with Crippen molar-refractivity contribution in [2.24, 2.45) is 0 Å². The SMILES string of the molecule is CC(=O)c1ccccc1-c1ccc(OCC2Cn3ccc(=O)nc3O2)cc1. The van der Waals surface area contributed by atoms with Crippen LogP contribution in [0.25, 0.3) is 11.1 Å². The van der Waals surface area contributed by atoms with Crippen LogP contribution in [0.3, 0.4) is 0 Å². The van der Waals surface area contributed by atoms with E-state index in [9.17, 15) is 9.59 Å². The molecule has 3 aromatic rings. The second kappa shape index (κ2) is 7.07. The highest BCUT2D eigenvalue weighted by atomic mass is 16.6. The zero-order valence-electron chi connectivity index (χ0n) is 14.8. The van der Waals surface area contributed by atoms with Crippen molar-refractivity contribution in [3.8, 4) is 22.9 Å². The Morgan fingerprint density at radius 3 is 2.74 bits per heavy atom. The molecule has 0 aliphatic carbocycles. The van der Waals surface area contributed by atoms with Gasteiger partial charge in [-0.05, 0) is 30.2 Å². The van der Waals surface area contributed by atoms with Crippen molar-refractivity contribution < 1.29 is 14.3 Å². The molecule has 0 saturated heterocycles. The van der Waals surface area contributed by atoms with Crippen molar-refractivity contribution >= 4 is 5.78 Å². The second-order valence-electron chi connectivity index (χ2n) is 6.38. The third kappa shape index (κ3) is 3.60. The Kier molecular flexibility index (Phi) is 4.46. The first-order valence-electron chi connectivity index (χ1n) is 8.67. The van der Waals surface area contributed by atoms with Gasteiger partial charge in [-0.25, -0.2) is 0 Å². The molecule has 0 fully saturated rings. The Labute approximate surface area is 156 Å². The maximum absolute atomic E-state index is 11.8. The number of rotatable bonds is 5. The predicted octanol–water partition coefficient (Wildman–Crippen LogP) is 2.95. The lowest BCUT2D eigenvalue weighted by Crippen LogP contribution is -2.23. The molecule has 0 N–H and O–H groups in total. The van der Waals surface area contributed by atoms with Gasteiger partial charge in [0.05, 0.1) is 6.54 Å². The lowest BCUT2D eigenvalue weighted by molar-refractivity contribution is 0.101. The number of nitrogens with zero attached hydrogens (tertiary/aromatic N) is 2.